The summed E-state index contributed by atoms with van der Waals surface area (Å²) >= 11 is 1.53. The number of amides is 1. The van der Waals surface area contributed by atoms with Gasteiger partial charge in [0.05, 0.1) is 5.75 Å². The van der Waals surface area contributed by atoms with E-state index in [-0.39, 0.29) is 5.91 Å². The summed E-state index contributed by atoms with van der Waals surface area (Å²) in [5.74, 6) is 0.941. The van der Waals surface area contributed by atoms with Gasteiger partial charge in [-0.05, 0) is 18.6 Å². The topological polar surface area (TPSA) is 46.9 Å². The average Bonchev–Trinajstić information content (AvgIpc) is 2.74. The van der Waals surface area contributed by atoms with E-state index in [1.54, 1.807) is 16.9 Å². The molecule has 2 rings (SSSR count). The summed E-state index contributed by atoms with van der Waals surface area (Å²) < 4.78 is 1.66. The van der Waals surface area contributed by atoms with Crippen LogP contribution in [0.15, 0.2) is 41.4 Å². The molecule has 0 radical (unpaired) electrons. The zero-order valence-corrected chi connectivity index (χ0v) is 11.2. The van der Waals surface area contributed by atoms with E-state index in [0.717, 1.165) is 4.90 Å². The molecule has 0 aliphatic carbocycles. The van der Waals surface area contributed by atoms with Crippen molar-refractivity contribution < 1.29 is 4.79 Å². The fourth-order valence-corrected chi connectivity index (χ4v) is 2.35. The lowest BCUT2D eigenvalue weighted by atomic mass is 10.2. The molecular weight excluding hydrogens is 246 g/mol. The van der Waals surface area contributed by atoms with Gasteiger partial charge in [-0.15, -0.1) is 11.8 Å². The van der Waals surface area contributed by atoms with Gasteiger partial charge in [0.1, 0.15) is 0 Å². The molecule has 0 aliphatic heterocycles. The summed E-state index contributed by atoms with van der Waals surface area (Å²) in [6, 6.07) is 9.81. The second-order valence-electron chi connectivity index (χ2n) is 3.98. The molecule has 1 N–H and O–H groups in total. The van der Waals surface area contributed by atoms with Crippen molar-refractivity contribution >= 4 is 23.5 Å². The van der Waals surface area contributed by atoms with Crippen molar-refractivity contribution in [1.82, 2.24) is 9.78 Å². The molecule has 1 heterocycles. The summed E-state index contributed by atoms with van der Waals surface area (Å²) in [6.45, 7) is 2.04. The summed E-state index contributed by atoms with van der Waals surface area (Å²) in [6.07, 6.45) is 1.80. The minimum absolute atomic E-state index is 0.0399. The molecular formula is C13H15N3OS. The molecule has 2 aromatic rings. The van der Waals surface area contributed by atoms with Crippen LogP contribution in [-0.4, -0.2) is 21.4 Å². The fraction of sp³-hybridized carbons (Fsp3) is 0.231. The Balaban J connectivity index is 1.87. The molecule has 4 nitrogen and oxygen atoms in total. The van der Waals surface area contributed by atoms with Crippen molar-refractivity contribution in [1.29, 1.82) is 0 Å². The zero-order chi connectivity index (χ0) is 13.0. The van der Waals surface area contributed by atoms with Gasteiger partial charge in [0.25, 0.3) is 0 Å². The normalized spacial score (nSPS) is 10.3. The van der Waals surface area contributed by atoms with Gasteiger partial charge < -0.3 is 5.32 Å². The molecule has 0 saturated heterocycles. The molecule has 94 valence electrons. The SMILES string of the molecule is Cc1ccccc1SCC(=O)Nc1ccn(C)n1. The maximum Gasteiger partial charge on any atom is 0.235 e. The molecule has 0 atom stereocenters. The van der Waals surface area contributed by atoms with Crippen molar-refractivity contribution in [2.75, 3.05) is 11.1 Å². The van der Waals surface area contributed by atoms with Crippen LogP contribution >= 0.6 is 11.8 Å². The third kappa shape index (κ3) is 3.37. The Morgan fingerprint density at radius 2 is 2.17 bits per heavy atom. The summed E-state index contributed by atoms with van der Waals surface area (Å²) in [7, 11) is 1.82. The van der Waals surface area contributed by atoms with E-state index in [4.69, 9.17) is 0 Å². The van der Waals surface area contributed by atoms with Gasteiger partial charge in [0.2, 0.25) is 5.91 Å². The van der Waals surface area contributed by atoms with Gasteiger partial charge >= 0.3 is 0 Å². The first-order chi connectivity index (χ1) is 8.65. The number of aromatic nitrogens is 2. The monoisotopic (exact) mass is 261 g/mol. The number of carbonyl (C=O) groups is 1. The number of hydrogen-bond acceptors (Lipinski definition) is 3. The van der Waals surface area contributed by atoms with E-state index in [2.05, 4.69) is 10.4 Å². The maximum atomic E-state index is 11.7. The second kappa shape index (κ2) is 5.73. The van der Waals surface area contributed by atoms with Crippen molar-refractivity contribution in [3.05, 3.63) is 42.1 Å². The molecule has 0 saturated carbocycles. The number of nitrogens with one attached hydrogen (secondary N) is 1. The lowest BCUT2D eigenvalue weighted by Crippen LogP contribution is -2.14. The lowest BCUT2D eigenvalue weighted by molar-refractivity contribution is -0.113. The number of thioether (sulfide) groups is 1. The number of carbonyl (C=O) groups excluding carboxylic acids is 1. The number of hydrogen-bond donors (Lipinski definition) is 1. The van der Waals surface area contributed by atoms with Gasteiger partial charge in [-0.2, -0.15) is 5.10 Å². The molecule has 0 spiro atoms. The average molecular weight is 261 g/mol. The van der Waals surface area contributed by atoms with Gasteiger partial charge in [-0.25, -0.2) is 0 Å². The van der Waals surface area contributed by atoms with E-state index < -0.39 is 0 Å². The van der Waals surface area contributed by atoms with Crippen molar-refractivity contribution in [3.8, 4) is 0 Å². The summed E-state index contributed by atoms with van der Waals surface area (Å²) in [5.41, 5.74) is 1.19. The second-order valence-corrected chi connectivity index (χ2v) is 4.99. The molecule has 5 heteroatoms. The molecule has 0 aliphatic rings. The number of aryl methyl sites for hydroxylation is 2. The van der Waals surface area contributed by atoms with Crippen LogP contribution in [0.5, 0.6) is 0 Å². The van der Waals surface area contributed by atoms with E-state index in [9.17, 15) is 4.79 Å². The van der Waals surface area contributed by atoms with E-state index in [1.807, 2.05) is 38.2 Å². The van der Waals surface area contributed by atoms with Crippen LogP contribution < -0.4 is 5.32 Å². The van der Waals surface area contributed by atoms with Crippen molar-refractivity contribution in [3.63, 3.8) is 0 Å². The molecule has 0 bridgehead atoms. The number of nitrogens with zero attached hydrogens (tertiary/aromatic N) is 2. The van der Waals surface area contributed by atoms with Crippen LogP contribution in [0, 0.1) is 6.92 Å². The maximum absolute atomic E-state index is 11.7. The Bertz CT molecular complexity index is 551. The molecule has 0 fully saturated rings. The minimum Gasteiger partial charge on any atom is -0.308 e. The van der Waals surface area contributed by atoms with Crippen LogP contribution in [0.4, 0.5) is 5.82 Å². The molecule has 18 heavy (non-hydrogen) atoms. The number of anilines is 1. The zero-order valence-electron chi connectivity index (χ0n) is 10.4. The first-order valence-corrected chi connectivity index (χ1v) is 6.61. The molecule has 0 unspecified atom stereocenters. The van der Waals surface area contributed by atoms with E-state index >= 15 is 0 Å². The summed E-state index contributed by atoms with van der Waals surface area (Å²) in [4.78, 5) is 12.9. The van der Waals surface area contributed by atoms with Crippen molar-refractivity contribution in [2.45, 2.75) is 11.8 Å². The highest BCUT2D eigenvalue weighted by atomic mass is 32.2. The molecule has 1 aromatic carbocycles. The molecule has 1 aromatic heterocycles. The smallest absolute Gasteiger partial charge is 0.235 e. The van der Waals surface area contributed by atoms with E-state index in [1.165, 1.54) is 17.3 Å². The van der Waals surface area contributed by atoms with Gasteiger partial charge in [-0.3, -0.25) is 9.48 Å². The Labute approximate surface area is 110 Å². The summed E-state index contributed by atoms with van der Waals surface area (Å²) in [5, 5.41) is 6.86. The first-order valence-electron chi connectivity index (χ1n) is 5.63. The van der Waals surface area contributed by atoms with Gasteiger partial charge in [0.15, 0.2) is 5.82 Å². The highest BCUT2D eigenvalue weighted by molar-refractivity contribution is 8.00. The third-order valence-electron chi connectivity index (χ3n) is 2.43. The van der Waals surface area contributed by atoms with Crippen LogP contribution in [-0.2, 0) is 11.8 Å². The fourth-order valence-electron chi connectivity index (χ4n) is 1.52. The Kier molecular flexibility index (Phi) is 4.04. The van der Waals surface area contributed by atoms with E-state index in [0.29, 0.717) is 11.6 Å². The third-order valence-corrected chi connectivity index (χ3v) is 3.61. The lowest BCUT2D eigenvalue weighted by Gasteiger charge is -2.04. The number of rotatable bonds is 4. The standard InChI is InChI=1S/C13H15N3OS/c1-10-5-3-4-6-11(10)18-9-13(17)14-12-7-8-16(2)15-12/h3-8H,9H2,1-2H3,(H,14,15,17). The largest absolute Gasteiger partial charge is 0.308 e. The van der Waals surface area contributed by atoms with Crippen LogP contribution in [0.1, 0.15) is 5.56 Å². The van der Waals surface area contributed by atoms with Crippen molar-refractivity contribution in [2.24, 2.45) is 7.05 Å². The number of benzene rings is 1. The van der Waals surface area contributed by atoms with Gasteiger partial charge in [-0.1, -0.05) is 18.2 Å². The molecule has 1 amide bonds. The Morgan fingerprint density at radius 1 is 1.39 bits per heavy atom. The van der Waals surface area contributed by atoms with Crippen LogP contribution in [0.3, 0.4) is 0 Å². The minimum atomic E-state index is -0.0399. The Hall–Kier alpha value is -1.75. The predicted octanol–water partition coefficient (Wildman–Crippen LogP) is 2.46. The van der Waals surface area contributed by atoms with Crippen LogP contribution in [0.2, 0.25) is 0 Å². The predicted molar refractivity (Wildman–Crippen MR) is 73.7 cm³/mol. The highest BCUT2D eigenvalue weighted by Gasteiger charge is 2.06. The quantitative estimate of drug-likeness (QED) is 0.860. The Morgan fingerprint density at radius 3 is 2.83 bits per heavy atom. The first kappa shape index (κ1) is 12.7. The highest BCUT2D eigenvalue weighted by Crippen LogP contribution is 2.21. The van der Waals surface area contributed by atoms with Crippen LogP contribution in [0.25, 0.3) is 0 Å². The van der Waals surface area contributed by atoms with Gasteiger partial charge in [0, 0.05) is 24.2 Å².